The summed E-state index contributed by atoms with van der Waals surface area (Å²) in [6.45, 7) is 4.77. The van der Waals surface area contributed by atoms with Crippen molar-refractivity contribution in [2.45, 2.75) is 25.7 Å². The van der Waals surface area contributed by atoms with Gasteiger partial charge in [-0.1, -0.05) is 129 Å². The van der Waals surface area contributed by atoms with Crippen LogP contribution in [-0.4, -0.2) is 4.57 Å². The maximum absolute atomic E-state index is 15.1. The van der Waals surface area contributed by atoms with E-state index in [0.717, 1.165) is 28.0 Å². The summed E-state index contributed by atoms with van der Waals surface area (Å²) in [4.78, 5) is 0. The molecule has 7 aromatic carbocycles. The topological polar surface area (TPSA) is 22.0 Å². The van der Waals surface area contributed by atoms with Gasteiger partial charge in [-0.3, -0.25) is 0 Å². The highest BCUT2D eigenvalue weighted by atomic mass is 31.2. The number of aromatic nitrogens is 1. The standard InChI is InChI=1S/C46H34NOP/c1-46(2)41-22-11-9-19-35(41)38-28-30-14-13-21-37-43(30)40(44(38)46)29-39-36-20-10-12-23-42(36)47(45(37)39)31-24-26-34(27-25-31)49(48,32-15-5-3-6-16-32)33-17-7-4-8-18-33/h3-13,15-29H,14H2,1-2H3. The summed E-state index contributed by atoms with van der Waals surface area (Å²) in [5, 5.41) is 7.76. The molecule has 0 radical (unpaired) electrons. The van der Waals surface area contributed by atoms with E-state index in [0.29, 0.717) is 0 Å². The van der Waals surface area contributed by atoms with Crippen molar-refractivity contribution in [1.29, 1.82) is 0 Å². The molecule has 2 nitrogen and oxygen atoms in total. The number of rotatable bonds is 4. The lowest BCUT2D eigenvalue weighted by Gasteiger charge is -2.26. The third-order valence-electron chi connectivity index (χ3n) is 11.0. The Balaban J connectivity index is 1.24. The van der Waals surface area contributed by atoms with Gasteiger partial charge in [-0.05, 0) is 87.5 Å². The SMILES string of the molecule is CC1(C)c2ccccc2-c2cc3c4c(c5c(cc4c21)c1ccccc1n5-c1ccc(P(=O)(c2ccccc2)c2ccccc2)cc1)C=CC3. The average molecular weight is 648 g/mol. The normalized spacial score (nSPS) is 14.4. The molecule has 0 spiro atoms. The van der Waals surface area contributed by atoms with E-state index in [2.05, 4.69) is 115 Å². The largest absolute Gasteiger partial charge is 0.309 e. The zero-order valence-electron chi connectivity index (χ0n) is 27.5. The summed E-state index contributed by atoms with van der Waals surface area (Å²) in [6, 6.07) is 51.0. The van der Waals surface area contributed by atoms with Gasteiger partial charge in [-0.15, -0.1) is 0 Å². The van der Waals surface area contributed by atoms with E-state index in [4.69, 9.17) is 0 Å². The molecular weight excluding hydrogens is 613 g/mol. The van der Waals surface area contributed by atoms with Crippen LogP contribution in [0.2, 0.25) is 0 Å². The van der Waals surface area contributed by atoms with Gasteiger partial charge < -0.3 is 9.13 Å². The highest BCUT2D eigenvalue weighted by Crippen LogP contribution is 2.54. The van der Waals surface area contributed by atoms with E-state index < -0.39 is 7.14 Å². The van der Waals surface area contributed by atoms with E-state index in [1.165, 1.54) is 66.0 Å². The monoisotopic (exact) mass is 647 g/mol. The minimum absolute atomic E-state index is 0.101. The van der Waals surface area contributed by atoms with Crippen LogP contribution < -0.4 is 15.9 Å². The first kappa shape index (κ1) is 28.6. The Kier molecular flexibility index (Phi) is 6.00. The van der Waals surface area contributed by atoms with Crippen LogP contribution >= 0.6 is 7.14 Å². The summed E-state index contributed by atoms with van der Waals surface area (Å²) < 4.78 is 17.6. The molecule has 0 aliphatic heterocycles. The van der Waals surface area contributed by atoms with Crippen LogP contribution in [0.3, 0.4) is 0 Å². The van der Waals surface area contributed by atoms with Crippen LogP contribution in [0.25, 0.3) is 55.5 Å². The number of hydrogen-bond donors (Lipinski definition) is 0. The van der Waals surface area contributed by atoms with E-state index in [1.54, 1.807) is 0 Å². The molecule has 10 rings (SSSR count). The van der Waals surface area contributed by atoms with Crippen molar-refractivity contribution in [2.75, 3.05) is 0 Å². The minimum Gasteiger partial charge on any atom is -0.309 e. The van der Waals surface area contributed by atoms with Gasteiger partial charge >= 0.3 is 0 Å². The second-order valence-electron chi connectivity index (χ2n) is 14.0. The Bertz CT molecular complexity index is 2670. The fraction of sp³-hybridized carbons (Fsp3) is 0.0870. The van der Waals surface area contributed by atoms with Crippen LogP contribution in [0, 0.1) is 0 Å². The van der Waals surface area contributed by atoms with E-state index in [-0.39, 0.29) is 5.41 Å². The van der Waals surface area contributed by atoms with Gasteiger partial charge in [-0.25, -0.2) is 0 Å². The molecule has 0 saturated heterocycles. The molecule has 2 aliphatic rings. The van der Waals surface area contributed by atoms with Gasteiger partial charge in [0, 0.05) is 43.4 Å². The fourth-order valence-corrected chi connectivity index (χ4v) is 11.5. The first-order chi connectivity index (χ1) is 24.0. The van der Waals surface area contributed by atoms with Gasteiger partial charge in [-0.2, -0.15) is 0 Å². The van der Waals surface area contributed by atoms with E-state index >= 15 is 4.57 Å². The second-order valence-corrected chi connectivity index (χ2v) is 16.8. The third kappa shape index (κ3) is 3.87. The summed E-state index contributed by atoms with van der Waals surface area (Å²) in [6.07, 6.45) is 5.60. The Morgan fingerprint density at radius 3 is 1.98 bits per heavy atom. The smallest absolute Gasteiger partial charge is 0.171 e. The Hall–Kier alpha value is -5.43. The molecule has 0 amide bonds. The molecule has 2 aliphatic carbocycles. The maximum Gasteiger partial charge on any atom is 0.171 e. The van der Waals surface area contributed by atoms with Crippen LogP contribution in [0.5, 0.6) is 0 Å². The van der Waals surface area contributed by atoms with Crippen LogP contribution in [0.15, 0.2) is 152 Å². The summed E-state index contributed by atoms with van der Waals surface area (Å²) in [5.74, 6) is 0. The van der Waals surface area contributed by atoms with E-state index in [1.807, 2.05) is 60.7 Å². The molecule has 0 saturated carbocycles. The molecule has 0 unspecified atom stereocenters. The average Bonchev–Trinajstić information content (AvgIpc) is 3.61. The molecule has 3 heteroatoms. The van der Waals surface area contributed by atoms with Gasteiger partial charge in [0.15, 0.2) is 7.14 Å². The molecule has 8 aromatic rings. The van der Waals surface area contributed by atoms with Crippen molar-refractivity contribution in [2.24, 2.45) is 0 Å². The summed E-state index contributed by atoms with van der Waals surface area (Å²) >= 11 is 0. The molecule has 0 N–H and O–H groups in total. The number of fused-ring (bicyclic) bond motifs is 8. The van der Waals surface area contributed by atoms with Gasteiger partial charge in [0.2, 0.25) is 0 Å². The van der Waals surface area contributed by atoms with Crippen molar-refractivity contribution < 1.29 is 4.57 Å². The molecule has 1 aromatic heterocycles. The van der Waals surface area contributed by atoms with Crippen LogP contribution in [-0.2, 0) is 16.4 Å². The molecule has 0 atom stereocenters. The zero-order valence-corrected chi connectivity index (χ0v) is 28.4. The molecule has 1 heterocycles. The van der Waals surface area contributed by atoms with Gasteiger partial charge in [0.25, 0.3) is 0 Å². The van der Waals surface area contributed by atoms with Crippen LogP contribution in [0.4, 0.5) is 0 Å². The molecule has 0 bridgehead atoms. The first-order valence-electron chi connectivity index (χ1n) is 17.1. The van der Waals surface area contributed by atoms with Crippen LogP contribution in [0.1, 0.15) is 36.1 Å². The van der Waals surface area contributed by atoms with Gasteiger partial charge in [0.1, 0.15) is 0 Å². The predicted octanol–water partition coefficient (Wildman–Crippen LogP) is 10.5. The lowest BCUT2D eigenvalue weighted by molar-refractivity contribution is 0.592. The van der Waals surface area contributed by atoms with Crippen molar-refractivity contribution >= 4 is 61.7 Å². The molecule has 49 heavy (non-hydrogen) atoms. The highest BCUT2D eigenvalue weighted by molar-refractivity contribution is 7.85. The summed E-state index contributed by atoms with van der Waals surface area (Å²) in [7, 11) is -3.08. The van der Waals surface area contributed by atoms with Crippen molar-refractivity contribution in [3.8, 4) is 16.8 Å². The van der Waals surface area contributed by atoms with E-state index in [9.17, 15) is 0 Å². The number of nitrogens with zero attached hydrogens (tertiary/aromatic N) is 1. The fourth-order valence-electron chi connectivity index (χ4n) is 8.88. The maximum atomic E-state index is 15.1. The lowest BCUT2D eigenvalue weighted by atomic mass is 9.78. The Morgan fingerprint density at radius 2 is 1.24 bits per heavy atom. The quantitative estimate of drug-likeness (QED) is 0.174. The van der Waals surface area contributed by atoms with Crippen molar-refractivity contribution in [1.82, 2.24) is 4.57 Å². The second kappa shape index (κ2) is 10.3. The lowest BCUT2D eigenvalue weighted by Crippen LogP contribution is -2.25. The molecular formula is C46H34NOP. The number of hydrogen-bond acceptors (Lipinski definition) is 1. The zero-order chi connectivity index (χ0) is 32.9. The minimum atomic E-state index is -3.08. The van der Waals surface area contributed by atoms with Gasteiger partial charge in [0.05, 0.1) is 11.0 Å². The molecule has 234 valence electrons. The summed E-state index contributed by atoms with van der Waals surface area (Å²) in [5.41, 5.74) is 11.6. The Morgan fingerprint density at radius 1 is 0.612 bits per heavy atom. The third-order valence-corrected chi connectivity index (χ3v) is 14.1. The molecule has 0 fully saturated rings. The van der Waals surface area contributed by atoms with Crippen molar-refractivity contribution in [3.63, 3.8) is 0 Å². The first-order valence-corrected chi connectivity index (χ1v) is 18.8. The number of allylic oxidation sites excluding steroid dienone is 1. The number of benzene rings is 7. The number of para-hydroxylation sites is 1. The Labute approximate surface area is 286 Å². The highest BCUT2D eigenvalue weighted by Gasteiger charge is 2.38. The predicted molar refractivity (Wildman–Crippen MR) is 208 cm³/mol. The van der Waals surface area contributed by atoms with Crippen molar-refractivity contribution in [3.05, 3.63) is 174 Å².